The number of hydrogen-bond acceptors (Lipinski definition) is 4. The second-order valence-corrected chi connectivity index (χ2v) is 7.36. The van der Waals surface area contributed by atoms with Gasteiger partial charge in [-0.25, -0.2) is 9.97 Å². The highest BCUT2D eigenvalue weighted by Crippen LogP contribution is 2.29. The Kier molecular flexibility index (Phi) is 4.59. The molecule has 2 fully saturated rings. The molecule has 1 atom stereocenters. The number of carbonyl (C=O) groups excluding carboxylic acids is 1. The summed E-state index contributed by atoms with van der Waals surface area (Å²) in [6, 6.07) is 2.03. The number of anilines is 1. The highest BCUT2D eigenvalue weighted by atomic mass is 16.2. The molecular weight excluding hydrogens is 314 g/mol. The molecule has 4 heterocycles. The van der Waals surface area contributed by atoms with Crippen molar-refractivity contribution in [3.63, 3.8) is 0 Å². The Morgan fingerprint density at radius 3 is 2.72 bits per heavy atom. The Morgan fingerprint density at radius 2 is 1.92 bits per heavy atom. The number of carbonyl (C=O) groups is 1. The van der Waals surface area contributed by atoms with E-state index in [2.05, 4.69) is 24.8 Å². The molecule has 6 nitrogen and oxygen atoms in total. The van der Waals surface area contributed by atoms with Crippen LogP contribution in [-0.4, -0.2) is 51.9 Å². The zero-order chi connectivity index (χ0) is 17.2. The number of fused-ring (bicyclic) bond motifs is 1. The first kappa shape index (κ1) is 16.4. The van der Waals surface area contributed by atoms with E-state index in [1.54, 1.807) is 0 Å². The van der Waals surface area contributed by atoms with Crippen molar-refractivity contribution >= 4 is 22.8 Å². The van der Waals surface area contributed by atoms with Crippen LogP contribution in [0.25, 0.3) is 11.0 Å². The molecule has 1 amide bonds. The summed E-state index contributed by atoms with van der Waals surface area (Å²) < 4.78 is 0. The number of hydrogen-bond donors (Lipinski definition) is 1. The number of aromatic amines is 1. The van der Waals surface area contributed by atoms with E-state index in [1.807, 2.05) is 19.2 Å². The lowest BCUT2D eigenvalue weighted by molar-refractivity contribution is -0.135. The number of rotatable bonds is 2. The number of piperidine rings is 1. The molecule has 2 aliphatic rings. The second kappa shape index (κ2) is 7.02. The summed E-state index contributed by atoms with van der Waals surface area (Å²) in [7, 11) is 0. The topological polar surface area (TPSA) is 65.1 Å². The van der Waals surface area contributed by atoms with Crippen LogP contribution in [0.5, 0.6) is 0 Å². The van der Waals surface area contributed by atoms with Gasteiger partial charge in [0, 0.05) is 32.4 Å². The predicted octanol–water partition coefficient (Wildman–Crippen LogP) is 2.89. The van der Waals surface area contributed by atoms with Crippen molar-refractivity contribution in [2.24, 2.45) is 5.92 Å². The molecule has 0 aromatic carbocycles. The summed E-state index contributed by atoms with van der Waals surface area (Å²) in [4.78, 5) is 29.7. The smallest absolute Gasteiger partial charge is 0.227 e. The molecule has 0 unspecified atom stereocenters. The first-order valence-electron chi connectivity index (χ1n) is 9.58. The molecular formula is C19H27N5O. The van der Waals surface area contributed by atoms with Crippen molar-refractivity contribution in [3.8, 4) is 0 Å². The van der Waals surface area contributed by atoms with E-state index in [0.717, 1.165) is 74.5 Å². The van der Waals surface area contributed by atoms with Gasteiger partial charge < -0.3 is 14.8 Å². The average Bonchev–Trinajstić information content (AvgIpc) is 2.93. The van der Waals surface area contributed by atoms with Crippen LogP contribution >= 0.6 is 0 Å². The third kappa shape index (κ3) is 3.34. The number of likely N-dealkylation sites (tertiary alicyclic amines) is 1. The van der Waals surface area contributed by atoms with Gasteiger partial charge in [0.15, 0.2) is 0 Å². The molecule has 0 bridgehead atoms. The summed E-state index contributed by atoms with van der Waals surface area (Å²) in [6.07, 6.45) is 8.75. The van der Waals surface area contributed by atoms with E-state index in [-0.39, 0.29) is 5.92 Å². The monoisotopic (exact) mass is 341 g/mol. The third-order valence-electron chi connectivity index (χ3n) is 5.50. The van der Waals surface area contributed by atoms with E-state index in [1.165, 1.54) is 12.8 Å². The van der Waals surface area contributed by atoms with Gasteiger partial charge in [0.25, 0.3) is 0 Å². The van der Waals surface area contributed by atoms with Crippen molar-refractivity contribution in [1.82, 2.24) is 19.9 Å². The lowest BCUT2D eigenvalue weighted by Crippen LogP contribution is -2.45. The minimum absolute atomic E-state index is 0.0936. The highest BCUT2D eigenvalue weighted by molar-refractivity contribution is 5.88. The van der Waals surface area contributed by atoms with Crippen molar-refractivity contribution < 1.29 is 4.79 Å². The maximum absolute atomic E-state index is 13.0. The van der Waals surface area contributed by atoms with Gasteiger partial charge in [-0.05, 0) is 38.7 Å². The van der Waals surface area contributed by atoms with Gasteiger partial charge in [0.1, 0.15) is 17.3 Å². The van der Waals surface area contributed by atoms with E-state index < -0.39 is 0 Å². The van der Waals surface area contributed by atoms with Crippen LogP contribution in [0.4, 0.5) is 5.82 Å². The number of nitrogens with one attached hydrogen (secondary N) is 1. The molecule has 2 aliphatic heterocycles. The molecule has 134 valence electrons. The Balaban J connectivity index is 1.54. The molecule has 1 N–H and O–H groups in total. The minimum atomic E-state index is 0.0936. The van der Waals surface area contributed by atoms with E-state index in [0.29, 0.717) is 5.91 Å². The van der Waals surface area contributed by atoms with Gasteiger partial charge in [-0.2, -0.15) is 0 Å². The van der Waals surface area contributed by atoms with Crippen LogP contribution in [0.2, 0.25) is 0 Å². The molecule has 0 radical (unpaired) electrons. The fourth-order valence-corrected chi connectivity index (χ4v) is 4.20. The number of aryl methyl sites for hydroxylation is 1. The maximum Gasteiger partial charge on any atom is 0.227 e. The predicted molar refractivity (Wildman–Crippen MR) is 98.6 cm³/mol. The standard InChI is InChI=1S/C19H27N5O/c1-14-21-17-16(8-9-20-17)18(22-14)24-12-6-7-15(13-24)19(25)23-10-4-2-3-5-11-23/h8-9,15H,2-7,10-13H2,1H3,(H,20,21,22)/t15-/m0/s1. The minimum Gasteiger partial charge on any atom is -0.355 e. The van der Waals surface area contributed by atoms with Gasteiger partial charge in [-0.1, -0.05) is 12.8 Å². The largest absolute Gasteiger partial charge is 0.355 e. The molecule has 2 saturated heterocycles. The van der Waals surface area contributed by atoms with Crippen molar-refractivity contribution in [2.45, 2.75) is 45.4 Å². The lowest BCUT2D eigenvalue weighted by atomic mass is 9.96. The Morgan fingerprint density at radius 1 is 1.12 bits per heavy atom. The number of H-pyrrole nitrogens is 1. The van der Waals surface area contributed by atoms with Crippen LogP contribution in [0.3, 0.4) is 0 Å². The molecule has 0 saturated carbocycles. The van der Waals surface area contributed by atoms with E-state index in [9.17, 15) is 4.79 Å². The van der Waals surface area contributed by atoms with Crippen molar-refractivity contribution in [1.29, 1.82) is 0 Å². The van der Waals surface area contributed by atoms with Crippen LogP contribution in [0.1, 0.15) is 44.3 Å². The zero-order valence-corrected chi connectivity index (χ0v) is 15.0. The summed E-state index contributed by atoms with van der Waals surface area (Å²) in [5, 5.41) is 1.05. The Hall–Kier alpha value is -2.11. The Bertz CT molecular complexity index is 747. The summed E-state index contributed by atoms with van der Waals surface area (Å²) >= 11 is 0. The number of nitrogens with zero attached hydrogens (tertiary/aromatic N) is 4. The molecule has 2 aromatic heterocycles. The average molecular weight is 341 g/mol. The number of amides is 1. The molecule has 0 spiro atoms. The Labute approximate surface area is 148 Å². The second-order valence-electron chi connectivity index (χ2n) is 7.36. The number of aromatic nitrogens is 3. The van der Waals surface area contributed by atoms with Crippen molar-refractivity contribution in [2.75, 3.05) is 31.1 Å². The molecule has 6 heteroatoms. The van der Waals surface area contributed by atoms with Crippen LogP contribution in [-0.2, 0) is 4.79 Å². The molecule has 2 aromatic rings. The normalized spacial score (nSPS) is 22.2. The molecule has 4 rings (SSSR count). The fourth-order valence-electron chi connectivity index (χ4n) is 4.20. The zero-order valence-electron chi connectivity index (χ0n) is 15.0. The highest BCUT2D eigenvalue weighted by Gasteiger charge is 2.30. The SMILES string of the molecule is Cc1nc(N2CCC[C@H](C(=O)N3CCCCCC3)C2)c2cc[nH]c2n1. The molecule has 0 aliphatic carbocycles. The van der Waals surface area contributed by atoms with Crippen LogP contribution < -0.4 is 4.90 Å². The van der Waals surface area contributed by atoms with E-state index in [4.69, 9.17) is 0 Å². The van der Waals surface area contributed by atoms with Crippen molar-refractivity contribution in [3.05, 3.63) is 18.1 Å². The quantitative estimate of drug-likeness (QED) is 0.912. The summed E-state index contributed by atoms with van der Waals surface area (Å²) in [6.45, 7) is 5.52. The maximum atomic E-state index is 13.0. The first-order chi connectivity index (χ1) is 12.2. The van der Waals surface area contributed by atoms with E-state index >= 15 is 0 Å². The van der Waals surface area contributed by atoms with Gasteiger partial charge in [-0.15, -0.1) is 0 Å². The van der Waals surface area contributed by atoms with Gasteiger partial charge in [-0.3, -0.25) is 4.79 Å². The summed E-state index contributed by atoms with van der Waals surface area (Å²) in [5.41, 5.74) is 0.878. The first-order valence-corrected chi connectivity index (χ1v) is 9.58. The summed E-state index contributed by atoms with van der Waals surface area (Å²) in [5.74, 6) is 2.18. The van der Waals surface area contributed by atoms with Gasteiger partial charge in [0.05, 0.1) is 11.3 Å². The third-order valence-corrected chi connectivity index (χ3v) is 5.50. The lowest BCUT2D eigenvalue weighted by Gasteiger charge is -2.35. The molecule has 25 heavy (non-hydrogen) atoms. The van der Waals surface area contributed by atoms with Crippen LogP contribution in [0, 0.1) is 12.8 Å². The van der Waals surface area contributed by atoms with Crippen LogP contribution in [0.15, 0.2) is 12.3 Å². The van der Waals surface area contributed by atoms with Gasteiger partial charge in [0.2, 0.25) is 5.91 Å². The van der Waals surface area contributed by atoms with Gasteiger partial charge >= 0.3 is 0 Å². The fraction of sp³-hybridized carbons (Fsp3) is 0.632.